The summed E-state index contributed by atoms with van der Waals surface area (Å²) in [5, 5.41) is 2.98. The van der Waals surface area contributed by atoms with Crippen LogP contribution in [0.3, 0.4) is 0 Å². The molecule has 1 unspecified atom stereocenters. The minimum atomic E-state index is -0.0253. The quantitative estimate of drug-likeness (QED) is 0.876. The highest BCUT2D eigenvalue weighted by atomic mass is 16.2. The third kappa shape index (κ3) is 3.03. The van der Waals surface area contributed by atoms with Crippen molar-refractivity contribution < 1.29 is 4.79 Å². The van der Waals surface area contributed by atoms with Gasteiger partial charge in [-0.2, -0.15) is 0 Å². The van der Waals surface area contributed by atoms with Gasteiger partial charge in [-0.1, -0.05) is 6.92 Å². The first-order valence-electron chi connectivity index (χ1n) is 7.84. The first kappa shape index (κ1) is 14.8. The molecule has 2 amide bonds. The summed E-state index contributed by atoms with van der Waals surface area (Å²) in [6.07, 6.45) is 2.28. The van der Waals surface area contributed by atoms with Crippen molar-refractivity contribution in [2.24, 2.45) is 5.92 Å². The summed E-state index contributed by atoms with van der Waals surface area (Å²) in [6, 6.07) is 5.66. The number of carbonyl (C=O) groups is 1. The van der Waals surface area contributed by atoms with Crippen LogP contribution in [0.4, 0.5) is 10.5 Å². The molecule has 0 radical (unpaired) electrons. The van der Waals surface area contributed by atoms with Gasteiger partial charge in [0.05, 0.1) is 22.4 Å². The van der Waals surface area contributed by atoms with Crippen LogP contribution in [-0.4, -0.2) is 34.0 Å². The monoisotopic (exact) mass is 298 g/mol. The molecule has 0 spiro atoms. The number of urea groups is 1. The molecule has 0 aliphatic carbocycles. The van der Waals surface area contributed by atoms with E-state index in [9.17, 15) is 4.79 Å². The molecule has 1 N–H and O–H groups in total. The highest BCUT2D eigenvalue weighted by molar-refractivity contribution is 5.91. The Kier molecular flexibility index (Phi) is 3.96. The highest BCUT2D eigenvalue weighted by Crippen LogP contribution is 2.20. The van der Waals surface area contributed by atoms with E-state index < -0.39 is 0 Å². The number of aromatic nitrogens is 2. The molecule has 2 heterocycles. The summed E-state index contributed by atoms with van der Waals surface area (Å²) >= 11 is 0. The zero-order chi connectivity index (χ0) is 15.7. The van der Waals surface area contributed by atoms with Gasteiger partial charge in [0.2, 0.25) is 0 Å². The summed E-state index contributed by atoms with van der Waals surface area (Å²) < 4.78 is 0. The van der Waals surface area contributed by atoms with Crippen molar-refractivity contribution in [2.45, 2.75) is 33.6 Å². The van der Waals surface area contributed by atoms with Crippen LogP contribution in [0.25, 0.3) is 11.0 Å². The molecule has 1 aliphatic rings. The molecule has 1 aliphatic heterocycles. The van der Waals surface area contributed by atoms with Gasteiger partial charge < -0.3 is 10.2 Å². The van der Waals surface area contributed by atoms with E-state index in [4.69, 9.17) is 0 Å². The number of benzene rings is 1. The Balaban J connectivity index is 1.78. The van der Waals surface area contributed by atoms with Crippen molar-refractivity contribution in [3.05, 3.63) is 29.6 Å². The lowest BCUT2D eigenvalue weighted by Gasteiger charge is -2.30. The molecule has 1 aromatic carbocycles. The van der Waals surface area contributed by atoms with E-state index in [1.54, 1.807) is 0 Å². The summed E-state index contributed by atoms with van der Waals surface area (Å²) in [4.78, 5) is 23.3. The highest BCUT2D eigenvalue weighted by Gasteiger charge is 2.20. The zero-order valence-electron chi connectivity index (χ0n) is 13.4. The number of likely N-dealkylation sites (tertiary alicyclic amines) is 1. The van der Waals surface area contributed by atoms with Gasteiger partial charge in [0.15, 0.2) is 0 Å². The molecule has 116 valence electrons. The Morgan fingerprint density at radius 2 is 1.95 bits per heavy atom. The maximum Gasteiger partial charge on any atom is 0.321 e. The van der Waals surface area contributed by atoms with Gasteiger partial charge in [-0.15, -0.1) is 0 Å². The second-order valence-corrected chi connectivity index (χ2v) is 6.22. The molecule has 1 atom stereocenters. The third-order valence-corrected chi connectivity index (χ3v) is 4.27. The molecule has 1 aromatic heterocycles. The second kappa shape index (κ2) is 5.91. The van der Waals surface area contributed by atoms with E-state index in [0.29, 0.717) is 5.92 Å². The topological polar surface area (TPSA) is 58.1 Å². The number of aryl methyl sites for hydroxylation is 2. The summed E-state index contributed by atoms with van der Waals surface area (Å²) in [7, 11) is 0. The predicted octanol–water partition coefficient (Wildman–Crippen LogP) is 3.51. The van der Waals surface area contributed by atoms with Crippen molar-refractivity contribution in [3.63, 3.8) is 0 Å². The number of carbonyl (C=O) groups excluding carboxylic acids is 1. The fourth-order valence-corrected chi connectivity index (χ4v) is 2.88. The van der Waals surface area contributed by atoms with E-state index in [-0.39, 0.29) is 6.03 Å². The molecule has 0 saturated carbocycles. The number of hydrogen-bond donors (Lipinski definition) is 1. The minimum Gasteiger partial charge on any atom is -0.324 e. The predicted molar refractivity (Wildman–Crippen MR) is 88.0 cm³/mol. The standard InChI is InChI=1S/C17H22N4O/c1-11-5-4-8-21(10-11)17(22)20-14-6-7-15-16(9-14)19-13(3)12(2)18-15/h6-7,9,11H,4-5,8,10H2,1-3H3,(H,20,22). The largest absolute Gasteiger partial charge is 0.324 e. The Hall–Kier alpha value is -2.17. The molecule has 1 saturated heterocycles. The maximum atomic E-state index is 12.3. The molecule has 22 heavy (non-hydrogen) atoms. The van der Waals surface area contributed by atoms with Gasteiger partial charge in [-0.25, -0.2) is 14.8 Å². The van der Waals surface area contributed by atoms with Crippen LogP contribution < -0.4 is 5.32 Å². The number of piperidine rings is 1. The van der Waals surface area contributed by atoms with Gasteiger partial charge in [0.1, 0.15) is 0 Å². The Morgan fingerprint density at radius 1 is 1.23 bits per heavy atom. The fourth-order valence-electron chi connectivity index (χ4n) is 2.88. The van der Waals surface area contributed by atoms with Gasteiger partial charge in [0, 0.05) is 18.8 Å². The number of anilines is 1. The molecule has 1 fully saturated rings. The van der Waals surface area contributed by atoms with E-state index in [0.717, 1.165) is 47.6 Å². The molecule has 2 aromatic rings. The average Bonchev–Trinajstić information content (AvgIpc) is 2.49. The van der Waals surface area contributed by atoms with E-state index in [1.165, 1.54) is 6.42 Å². The van der Waals surface area contributed by atoms with Crippen LogP contribution in [0.5, 0.6) is 0 Å². The molecular weight excluding hydrogens is 276 g/mol. The van der Waals surface area contributed by atoms with Crippen LogP contribution >= 0.6 is 0 Å². The van der Waals surface area contributed by atoms with E-state index in [1.807, 2.05) is 36.9 Å². The molecule has 5 nitrogen and oxygen atoms in total. The number of fused-ring (bicyclic) bond motifs is 1. The maximum absolute atomic E-state index is 12.3. The Labute approximate surface area is 130 Å². The lowest BCUT2D eigenvalue weighted by molar-refractivity contribution is 0.182. The van der Waals surface area contributed by atoms with Crippen LogP contribution in [0.1, 0.15) is 31.2 Å². The van der Waals surface area contributed by atoms with Gasteiger partial charge in [0.25, 0.3) is 0 Å². The van der Waals surface area contributed by atoms with Gasteiger partial charge in [-0.05, 0) is 50.8 Å². The molecule has 5 heteroatoms. The third-order valence-electron chi connectivity index (χ3n) is 4.27. The first-order chi connectivity index (χ1) is 10.5. The molecule has 3 rings (SSSR count). The summed E-state index contributed by atoms with van der Waals surface area (Å²) in [5.74, 6) is 0.576. The average molecular weight is 298 g/mol. The number of hydrogen-bond acceptors (Lipinski definition) is 3. The lowest BCUT2D eigenvalue weighted by Crippen LogP contribution is -2.41. The van der Waals surface area contributed by atoms with Crippen LogP contribution in [-0.2, 0) is 0 Å². The zero-order valence-corrected chi connectivity index (χ0v) is 13.4. The number of nitrogens with one attached hydrogen (secondary N) is 1. The van der Waals surface area contributed by atoms with Gasteiger partial charge in [-0.3, -0.25) is 0 Å². The lowest BCUT2D eigenvalue weighted by atomic mass is 10.0. The number of amides is 2. The Morgan fingerprint density at radius 3 is 2.68 bits per heavy atom. The van der Waals surface area contributed by atoms with Crippen molar-refractivity contribution in [2.75, 3.05) is 18.4 Å². The van der Waals surface area contributed by atoms with Crippen LogP contribution in [0.2, 0.25) is 0 Å². The SMILES string of the molecule is Cc1nc2ccc(NC(=O)N3CCCC(C)C3)cc2nc1C. The summed E-state index contributed by atoms with van der Waals surface area (Å²) in [5.41, 5.74) is 4.29. The fraction of sp³-hybridized carbons (Fsp3) is 0.471. The van der Waals surface area contributed by atoms with Crippen LogP contribution in [0, 0.1) is 19.8 Å². The minimum absolute atomic E-state index is 0.0253. The van der Waals surface area contributed by atoms with Crippen molar-refractivity contribution in [1.29, 1.82) is 0 Å². The number of nitrogens with zero attached hydrogens (tertiary/aromatic N) is 3. The normalized spacial score (nSPS) is 18.5. The smallest absolute Gasteiger partial charge is 0.321 e. The number of rotatable bonds is 1. The van der Waals surface area contributed by atoms with Crippen molar-refractivity contribution in [1.82, 2.24) is 14.9 Å². The van der Waals surface area contributed by atoms with Crippen molar-refractivity contribution in [3.8, 4) is 0 Å². The van der Waals surface area contributed by atoms with E-state index >= 15 is 0 Å². The molecule has 0 bridgehead atoms. The van der Waals surface area contributed by atoms with E-state index in [2.05, 4.69) is 22.2 Å². The van der Waals surface area contributed by atoms with Crippen LogP contribution in [0.15, 0.2) is 18.2 Å². The van der Waals surface area contributed by atoms with Gasteiger partial charge >= 0.3 is 6.03 Å². The van der Waals surface area contributed by atoms with Crippen molar-refractivity contribution >= 4 is 22.8 Å². The second-order valence-electron chi connectivity index (χ2n) is 6.22. The Bertz CT molecular complexity index is 713. The first-order valence-corrected chi connectivity index (χ1v) is 7.84. The summed E-state index contributed by atoms with van der Waals surface area (Å²) in [6.45, 7) is 7.76. The molecular formula is C17H22N4O.